The molecule has 0 aliphatic heterocycles. The van der Waals surface area contributed by atoms with E-state index >= 15 is 0 Å². The topological polar surface area (TPSA) is 84.1 Å². The molecule has 0 aromatic carbocycles. The summed E-state index contributed by atoms with van der Waals surface area (Å²) < 4.78 is 0. The van der Waals surface area contributed by atoms with E-state index in [-0.39, 0.29) is 12.1 Å². The molecule has 1 heterocycles. The van der Waals surface area contributed by atoms with Gasteiger partial charge in [0.05, 0.1) is 12.1 Å². The van der Waals surface area contributed by atoms with Crippen molar-refractivity contribution in [2.24, 2.45) is 5.92 Å². The molecule has 4 N–H and O–H groups in total. The van der Waals surface area contributed by atoms with Crippen LogP contribution in [0.4, 0.5) is 11.6 Å². The molecule has 20 heavy (non-hydrogen) atoms. The number of aliphatic hydroxyl groups excluding tert-OH is 1. The van der Waals surface area contributed by atoms with Crippen LogP contribution >= 0.6 is 0 Å². The Hall–Kier alpha value is -1.36. The number of nitrogens with two attached hydrogens (primary N) is 1. The first-order valence-electron chi connectivity index (χ1n) is 7.58. The maximum atomic E-state index is 9.84. The molecule has 0 radical (unpaired) electrons. The van der Waals surface area contributed by atoms with E-state index < -0.39 is 0 Å². The monoisotopic (exact) mass is 278 g/mol. The van der Waals surface area contributed by atoms with Crippen LogP contribution in [0, 0.1) is 5.92 Å². The summed E-state index contributed by atoms with van der Waals surface area (Å²) in [5, 5.41) is 13.3. The van der Waals surface area contributed by atoms with Crippen molar-refractivity contribution >= 4 is 11.6 Å². The van der Waals surface area contributed by atoms with Crippen LogP contribution in [0.15, 0.2) is 6.33 Å². The summed E-state index contributed by atoms with van der Waals surface area (Å²) in [5.74, 6) is 2.08. The third-order valence-corrected chi connectivity index (χ3v) is 4.40. The molecule has 0 spiro atoms. The number of aromatic nitrogens is 2. The molecule has 2 rings (SSSR count). The Morgan fingerprint density at radius 2 is 2.10 bits per heavy atom. The zero-order valence-corrected chi connectivity index (χ0v) is 12.5. The van der Waals surface area contributed by atoms with E-state index in [9.17, 15) is 5.11 Å². The normalized spacial score (nSPS) is 26.4. The lowest BCUT2D eigenvalue weighted by atomic mass is 9.77. The first kappa shape index (κ1) is 15.0. The molecule has 0 saturated heterocycles. The van der Waals surface area contributed by atoms with Gasteiger partial charge in [-0.25, -0.2) is 9.97 Å². The lowest BCUT2D eigenvalue weighted by molar-refractivity contribution is 0.155. The molecule has 1 fully saturated rings. The van der Waals surface area contributed by atoms with Crippen molar-refractivity contribution in [3.05, 3.63) is 11.9 Å². The van der Waals surface area contributed by atoms with Crippen LogP contribution in [0.5, 0.6) is 0 Å². The van der Waals surface area contributed by atoms with Gasteiger partial charge in [-0.1, -0.05) is 20.3 Å². The van der Waals surface area contributed by atoms with Gasteiger partial charge in [0.1, 0.15) is 18.0 Å². The first-order chi connectivity index (χ1) is 9.60. The molecule has 1 saturated carbocycles. The Kier molecular flexibility index (Phi) is 4.81. The maximum Gasteiger partial charge on any atom is 0.135 e. The molecule has 0 atom stereocenters. The Morgan fingerprint density at radius 1 is 1.40 bits per heavy atom. The predicted octanol–water partition coefficient (Wildman–Crippen LogP) is 2.36. The Labute approximate surface area is 121 Å². The summed E-state index contributed by atoms with van der Waals surface area (Å²) in [6.07, 6.45) is 7.56. The standard InChI is InChI=1S/C15H26N4O/c1-3-4-12-13(16)17-10-18-14(12)19-15(9-20)7-5-11(2)6-8-15/h10-11,20H,3-9H2,1-2H3,(H3,16,17,18,19). The fraction of sp³-hybridized carbons (Fsp3) is 0.733. The zero-order chi connectivity index (χ0) is 14.6. The molecule has 5 heteroatoms. The molecule has 1 aromatic heterocycles. The van der Waals surface area contributed by atoms with E-state index in [0.717, 1.165) is 55.8 Å². The maximum absolute atomic E-state index is 9.84. The minimum atomic E-state index is -0.254. The second kappa shape index (κ2) is 6.39. The van der Waals surface area contributed by atoms with Crippen molar-refractivity contribution in [2.45, 2.75) is 57.9 Å². The second-order valence-electron chi connectivity index (χ2n) is 6.08. The van der Waals surface area contributed by atoms with Gasteiger partial charge in [0, 0.05) is 5.56 Å². The van der Waals surface area contributed by atoms with Crippen molar-refractivity contribution < 1.29 is 5.11 Å². The van der Waals surface area contributed by atoms with Crippen molar-refractivity contribution in [1.29, 1.82) is 0 Å². The second-order valence-corrected chi connectivity index (χ2v) is 6.08. The van der Waals surface area contributed by atoms with Crippen LogP contribution in [0.1, 0.15) is 51.5 Å². The highest BCUT2D eigenvalue weighted by Gasteiger charge is 2.34. The van der Waals surface area contributed by atoms with Crippen LogP contribution in [0.25, 0.3) is 0 Å². The predicted molar refractivity (Wildman–Crippen MR) is 81.5 cm³/mol. The number of hydrogen-bond donors (Lipinski definition) is 3. The van der Waals surface area contributed by atoms with Gasteiger partial charge in [0.25, 0.3) is 0 Å². The van der Waals surface area contributed by atoms with Crippen molar-refractivity contribution in [3.8, 4) is 0 Å². The molecule has 1 aromatic rings. The van der Waals surface area contributed by atoms with Gasteiger partial charge in [0.2, 0.25) is 0 Å². The number of hydrogen-bond acceptors (Lipinski definition) is 5. The summed E-state index contributed by atoms with van der Waals surface area (Å²) in [7, 11) is 0. The molecular formula is C15H26N4O. The Bertz CT molecular complexity index is 441. The molecule has 1 aliphatic rings. The summed E-state index contributed by atoms with van der Waals surface area (Å²) in [5.41, 5.74) is 6.68. The highest BCUT2D eigenvalue weighted by atomic mass is 16.3. The Morgan fingerprint density at radius 3 is 2.70 bits per heavy atom. The van der Waals surface area contributed by atoms with E-state index in [2.05, 4.69) is 29.1 Å². The highest BCUT2D eigenvalue weighted by molar-refractivity contribution is 5.56. The highest BCUT2D eigenvalue weighted by Crippen LogP contribution is 2.35. The van der Waals surface area contributed by atoms with Gasteiger partial charge in [-0.15, -0.1) is 0 Å². The third kappa shape index (κ3) is 3.20. The average Bonchev–Trinajstić information content (AvgIpc) is 2.45. The minimum Gasteiger partial charge on any atom is -0.394 e. The number of nitrogens with one attached hydrogen (secondary N) is 1. The third-order valence-electron chi connectivity index (χ3n) is 4.40. The molecule has 0 bridgehead atoms. The largest absolute Gasteiger partial charge is 0.394 e. The molecule has 1 aliphatic carbocycles. The molecular weight excluding hydrogens is 252 g/mol. The van der Waals surface area contributed by atoms with Crippen LogP contribution in [0.3, 0.4) is 0 Å². The molecule has 112 valence electrons. The van der Waals surface area contributed by atoms with Crippen molar-refractivity contribution in [3.63, 3.8) is 0 Å². The van der Waals surface area contributed by atoms with Gasteiger partial charge in [-0.3, -0.25) is 0 Å². The van der Waals surface area contributed by atoms with Crippen LogP contribution in [0.2, 0.25) is 0 Å². The van der Waals surface area contributed by atoms with Crippen molar-refractivity contribution in [2.75, 3.05) is 17.7 Å². The number of nitrogen functional groups attached to an aromatic ring is 1. The van der Waals surface area contributed by atoms with Gasteiger partial charge in [-0.2, -0.15) is 0 Å². The summed E-state index contributed by atoms with van der Waals surface area (Å²) in [6.45, 7) is 4.52. The number of rotatable bonds is 5. The lowest BCUT2D eigenvalue weighted by Crippen LogP contribution is -2.45. The van der Waals surface area contributed by atoms with E-state index in [0.29, 0.717) is 5.82 Å². The van der Waals surface area contributed by atoms with Crippen LogP contribution in [-0.2, 0) is 6.42 Å². The van der Waals surface area contributed by atoms with E-state index in [1.807, 2.05) is 0 Å². The Balaban J connectivity index is 2.21. The first-order valence-corrected chi connectivity index (χ1v) is 7.58. The van der Waals surface area contributed by atoms with Gasteiger partial charge >= 0.3 is 0 Å². The SMILES string of the molecule is CCCc1c(N)ncnc1NC1(CO)CCC(C)CC1. The summed E-state index contributed by atoms with van der Waals surface area (Å²) in [6, 6.07) is 0. The van der Waals surface area contributed by atoms with E-state index in [4.69, 9.17) is 5.73 Å². The average molecular weight is 278 g/mol. The van der Waals surface area contributed by atoms with Gasteiger partial charge < -0.3 is 16.2 Å². The van der Waals surface area contributed by atoms with Crippen LogP contribution < -0.4 is 11.1 Å². The van der Waals surface area contributed by atoms with Crippen LogP contribution in [-0.4, -0.2) is 27.2 Å². The number of anilines is 2. The minimum absolute atomic E-state index is 0.134. The number of nitrogens with zero attached hydrogens (tertiary/aromatic N) is 2. The summed E-state index contributed by atoms with van der Waals surface area (Å²) >= 11 is 0. The molecule has 5 nitrogen and oxygen atoms in total. The zero-order valence-electron chi connectivity index (χ0n) is 12.5. The van der Waals surface area contributed by atoms with Gasteiger partial charge in [-0.05, 0) is 38.0 Å². The van der Waals surface area contributed by atoms with E-state index in [1.165, 1.54) is 6.33 Å². The van der Waals surface area contributed by atoms with Crippen molar-refractivity contribution in [1.82, 2.24) is 9.97 Å². The fourth-order valence-electron chi connectivity index (χ4n) is 2.92. The smallest absolute Gasteiger partial charge is 0.135 e. The fourth-order valence-corrected chi connectivity index (χ4v) is 2.92. The van der Waals surface area contributed by atoms with Gasteiger partial charge in [0.15, 0.2) is 0 Å². The van der Waals surface area contributed by atoms with E-state index in [1.54, 1.807) is 0 Å². The molecule has 0 unspecified atom stereocenters. The quantitative estimate of drug-likeness (QED) is 0.770. The number of aliphatic hydroxyl groups is 1. The lowest BCUT2D eigenvalue weighted by Gasteiger charge is -2.39. The summed E-state index contributed by atoms with van der Waals surface area (Å²) in [4.78, 5) is 8.43. The molecule has 0 amide bonds.